The number of halogens is 1. The Kier molecular flexibility index (Phi) is 8.40. The summed E-state index contributed by atoms with van der Waals surface area (Å²) in [4.78, 5) is 27.1. The number of rotatable bonds is 8. The van der Waals surface area contributed by atoms with E-state index in [4.69, 9.17) is 30.5 Å². The summed E-state index contributed by atoms with van der Waals surface area (Å²) < 4.78 is 22.2. The molecule has 0 saturated carbocycles. The lowest BCUT2D eigenvalue weighted by atomic mass is 9.92. The van der Waals surface area contributed by atoms with Crippen molar-refractivity contribution in [3.63, 3.8) is 0 Å². The minimum atomic E-state index is -0.410. The van der Waals surface area contributed by atoms with Crippen molar-refractivity contribution >= 4 is 29.3 Å². The second-order valence-electron chi connectivity index (χ2n) is 8.36. The van der Waals surface area contributed by atoms with Crippen molar-refractivity contribution in [2.75, 3.05) is 39.3 Å². The average molecular weight is 525 g/mol. The number of anilines is 1. The number of methoxy groups -OCH3 is 2. The van der Waals surface area contributed by atoms with Crippen molar-refractivity contribution in [3.05, 3.63) is 82.4 Å². The SMILES string of the molecule is CCOC(=O)c1ccc(OCC2c3cc(OC)c(OC)cc3CCN2C(=O)Nc2cccc(Cl)c2)cc1. The highest BCUT2D eigenvalue weighted by Crippen LogP contribution is 2.38. The van der Waals surface area contributed by atoms with Crippen molar-refractivity contribution in [1.82, 2.24) is 4.90 Å². The fourth-order valence-corrected chi connectivity index (χ4v) is 4.48. The Morgan fingerprint density at radius 2 is 1.76 bits per heavy atom. The predicted molar refractivity (Wildman–Crippen MR) is 141 cm³/mol. The lowest BCUT2D eigenvalue weighted by Gasteiger charge is -2.37. The highest BCUT2D eigenvalue weighted by molar-refractivity contribution is 6.30. The first-order valence-electron chi connectivity index (χ1n) is 11.9. The maximum atomic E-state index is 13.4. The molecule has 4 rings (SSSR count). The topological polar surface area (TPSA) is 86.3 Å². The Hall–Kier alpha value is -3.91. The molecule has 2 amide bonds. The third-order valence-corrected chi connectivity index (χ3v) is 6.35. The number of hydrogen-bond donors (Lipinski definition) is 1. The number of nitrogens with zero attached hydrogens (tertiary/aromatic N) is 1. The van der Waals surface area contributed by atoms with Crippen LogP contribution in [0.4, 0.5) is 10.5 Å². The first-order valence-corrected chi connectivity index (χ1v) is 12.3. The van der Waals surface area contributed by atoms with Crippen LogP contribution in [0.3, 0.4) is 0 Å². The molecule has 1 N–H and O–H groups in total. The maximum absolute atomic E-state index is 13.4. The molecule has 1 unspecified atom stereocenters. The zero-order valence-corrected chi connectivity index (χ0v) is 21.7. The zero-order valence-electron chi connectivity index (χ0n) is 21.0. The molecule has 8 nitrogen and oxygen atoms in total. The molecule has 0 bridgehead atoms. The molecule has 0 aromatic heterocycles. The van der Waals surface area contributed by atoms with Crippen LogP contribution < -0.4 is 19.5 Å². The molecule has 0 radical (unpaired) electrons. The van der Waals surface area contributed by atoms with Crippen molar-refractivity contribution in [2.45, 2.75) is 19.4 Å². The number of ether oxygens (including phenoxy) is 4. The van der Waals surface area contributed by atoms with Gasteiger partial charge in [0.2, 0.25) is 0 Å². The first-order chi connectivity index (χ1) is 17.9. The lowest BCUT2D eigenvalue weighted by Crippen LogP contribution is -2.44. The lowest BCUT2D eigenvalue weighted by molar-refractivity contribution is 0.0526. The molecule has 1 atom stereocenters. The number of amides is 2. The largest absolute Gasteiger partial charge is 0.493 e. The van der Waals surface area contributed by atoms with Crippen molar-refractivity contribution in [2.24, 2.45) is 0 Å². The normalized spacial score (nSPS) is 14.4. The number of benzene rings is 3. The average Bonchev–Trinajstić information content (AvgIpc) is 2.91. The molecule has 1 aliphatic rings. The number of carbonyl (C=O) groups excluding carboxylic acids is 2. The van der Waals surface area contributed by atoms with E-state index in [-0.39, 0.29) is 18.6 Å². The Morgan fingerprint density at radius 1 is 1.03 bits per heavy atom. The molecule has 0 fully saturated rings. The molecule has 9 heteroatoms. The summed E-state index contributed by atoms with van der Waals surface area (Å²) in [5.74, 6) is 1.38. The standard InChI is InChI=1S/C28H29ClN2O6/c1-4-36-27(32)18-8-10-22(11-9-18)37-17-24-23-16-26(35-3)25(34-2)14-19(23)12-13-31(24)28(33)30-21-7-5-6-20(29)15-21/h5-11,14-16,24H,4,12-13,17H2,1-3H3,(H,30,33). The fourth-order valence-electron chi connectivity index (χ4n) is 4.29. The van der Waals surface area contributed by atoms with Crippen molar-refractivity contribution in [1.29, 1.82) is 0 Å². The number of urea groups is 1. The van der Waals surface area contributed by atoms with Gasteiger partial charge in [-0.25, -0.2) is 9.59 Å². The van der Waals surface area contributed by atoms with E-state index >= 15 is 0 Å². The Bertz CT molecular complexity index is 1260. The molecule has 0 aliphatic carbocycles. The summed E-state index contributed by atoms with van der Waals surface area (Å²) in [6.07, 6.45) is 0.642. The maximum Gasteiger partial charge on any atom is 0.338 e. The van der Waals surface area contributed by atoms with Gasteiger partial charge >= 0.3 is 12.0 Å². The van der Waals surface area contributed by atoms with E-state index in [1.807, 2.05) is 12.1 Å². The molecule has 3 aromatic rings. The smallest absolute Gasteiger partial charge is 0.338 e. The quantitative estimate of drug-likeness (QED) is 0.378. The van der Waals surface area contributed by atoms with Crippen LogP contribution in [0.2, 0.25) is 5.02 Å². The van der Waals surface area contributed by atoms with Crippen molar-refractivity contribution in [3.8, 4) is 17.2 Å². The number of esters is 1. The van der Waals surface area contributed by atoms with Gasteiger partial charge in [0.15, 0.2) is 11.5 Å². The van der Waals surface area contributed by atoms with Gasteiger partial charge in [0.25, 0.3) is 0 Å². The molecular weight excluding hydrogens is 496 g/mol. The molecule has 1 aliphatic heterocycles. The van der Waals surface area contributed by atoms with E-state index in [1.165, 1.54) is 0 Å². The second-order valence-corrected chi connectivity index (χ2v) is 8.80. The van der Waals surface area contributed by atoms with Crippen LogP contribution in [0.1, 0.15) is 34.5 Å². The summed E-state index contributed by atoms with van der Waals surface area (Å²) in [6.45, 7) is 2.73. The fraction of sp³-hybridized carbons (Fsp3) is 0.286. The van der Waals surface area contributed by atoms with Gasteiger partial charge in [0.1, 0.15) is 12.4 Å². The van der Waals surface area contributed by atoms with Crippen LogP contribution in [0.15, 0.2) is 60.7 Å². The van der Waals surface area contributed by atoms with Crippen LogP contribution in [-0.2, 0) is 11.2 Å². The van der Waals surface area contributed by atoms with Crippen LogP contribution in [0, 0.1) is 0 Å². The summed E-state index contributed by atoms with van der Waals surface area (Å²) in [5.41, 5.74) is 3.01. The van der Waals surface area contributed by atoms with Crippen molar-refractivity contribution < 1.29 is 28.5 Å². The molecule has 0 saturated heterocycles. The first kappa shape index (κ1) is 26.2. The number of nitrogens with one attached hydrogen (secondary N) is 1. The van der Waals surface area contributed by atoms with Gasteiger partial charge in [-0.05, 0) is 79.1 Å². The second kappa shape index (κ2) is 11.9. The monoisotopic (exact) mass is 524 g/mol. The summed E-state index contributed by atoms with van der Waals surface area (Å²) in [5, 5.41) is 3.47. The van der Waals surface area contributed by atoms with Crippen LogP contribution in [0.5, 0.6) is 17.2 Å². The summed E-state index contributed by atoms with van der Waals surface area (Å²) >= 11 is 6.10. The minimum absolute atomic E-state index is 0.185. The molecule has 0 spiro atoms. The van der Waals surface area contributed by atoms with Gasteiger partial charge in [0.05, 0.1) is 32.4 Å². The molecule has 194 valence electrons. The summed E-state index contributed by atoms with van der Waals surface area (Å²) in [6, 6.07) is 16.9. The van der Waals surface area contributed by atoms with E-state index in [0.717, 1.165) is 11.1 Å². The Morgan fingerprint density at radius 3 is 2.43 bits per heavy atom. The number of fused-ring (bicyclic) bond motifs is 1. The Labute approximate surface area is 221 Å². The third kappa shape index (κ3) is 6.09. The number of carbonyl (C=O) groups is 2. The van der Waals surface area contributed by atoms with Crippen LogP contribution >= 0.6 is 11.6 Å². The van der Waals surface area contributed by atoms with Gasteiger partial charge in [-0.3, -0.25) is 0 Å². The minimum Gasteiger partial charge on any atom is -0.493 e. The highest BCUT2D eigenvalue weighted by atomic mass is 35.5. The van der Waals surface area contributed by atoms with Crippen LogP contribution in [0.25, 0.3) is 0 Å². The van der Waals surface area contributed by atoms with E-state index < -0.39 is 6.04 Å². The summed E-state index contributed by atoms with van der Waals surface area (Å²) in [7, 11) is 3.17. The van der Waals surface area contributed by atoms with Gasteiger partial charge in [-0.1, -0.05) is 17.7 Å². The van der Waals surface area contributed by atoms with E-state index in [2.05, 4.69) is 5.32 Å². The van der Waals surface area contributed by atoms with E-state index in [1.54, 1.807) is 74.6 Å². The predicted octanol–water partition coefficient (Wildman–Crippen LogP) is 5.74. The molecular formula is C28H29ClN2O6. The van der Waals surface area contributed by atoms with Gasteiger partial charge in [0, 0.05) is 17.3 Å². The highest BCUT2D eigenvalue weighted by Gasteiger charge is 2.33. The van der Waals surface area contributed by atoms with Gasteiger partial charge in [-0.2, -0.15) is 0 Å². The van der Waals surface area contributed by atoms with E-state index in [0.29, 0.717) is 53.1 Å². The van der Waals surface area contributed by atoms with Crippen LogP contribution in [-0.4, -0.2) is 50.9 Å². The van der Waals surface area contributed by atoms with E-state index in [9.17, 15) is 9.59 Å². The van der Waals surface area contributed by atoms with Gasteiger partial charge in [-0.15, -0.1) is 0 Å². The third-order valence-electron chi connectivity index (χ3n) is 6.11. The Balaban J connectivity index is 1.60. The van der Waals surface area contributed by atoms with Gasteiger partial charge < -0.3 is 29.2 Å². The molecule has 3 aromatic carbocycles. The number of hydrogen-bond acceptors (Lipinski definition) is 6. The molecule has 1 heterocycles. The zero-order chi connectivity index (χ0) is 26.4. The molecule has 37 heavy (non-hydrogen) atoms.